The fraction of sp³-hybridized carbons (Fsp3) is 0.167. The second-order valence-corrected chi connectivity index (χ2v) is 6.55. The Morgan fingerprint density at radius 1 is 1.32 bits per heavy atom. The highest BCUT2D eigenvalue weighted by atomic mass is 32.1. The van der Waals surface area contributed by atoms with Crippen molar-refractivity contribution in [3.8, 4) is 10.6 Å². The third-order valence-electron chi connectivity index (χ3n) is 3.54. The van der Waals surface area contributed by atoms with Crippen LogP contribution in [-0.4, -0.2) is 17.7 Å². The van der Waals surface area contributed by atoms with E-state index in [0.717, 1.165) is 14.9 Å². The number of aromatic nitrogens is 1. The van der Waals surface area contributed by atoms with E-state index in [-0.39, 0.29) is 5.78 Å². The summed E-state index contributed by atoms with van der Waals surface area (Å²) < 4.78 is 27.9. The van der Waals surface area contributed by atoms with Gasteiger partial charge in [0.15, 0.2) is 0 Å². The molecule has 2 rings (SSSR count). The second kappa shape index (κ2) is 8.62. The van der Waals surface area contributed by atoms with Gasteiger partial charge in [-0.3, -0.25) is 8.63 Å². The average molecular weight is 360 g/mol. The van der Waals surface area contributed by atoms with Gasteiger partial charge in [-0.05, 0) is 49.1 Å². The number of hydrogen-bond donors (Lipinski definition) is 1. The zero-order chi connectivity index (χ0) is 18.4. The first-order valence-corrected chi connectivity index (χ1v) is 8.62. The van der Waals surface area contributed by atoms with Gasteiger partial charge in [-0.15, -0.1) is 11.3 Å². The molecular weight excluding hydrogens is 341 g/mol. The molecule has 130 valence electrons. The van der Waals surface area contributed by atoms with Gasteiger partial charge in [0.2, 0.25) is 0 Å². The van der Waals surface area contributed by atoms with Crippen molar-refractivity contribution in [1.29, 1.82) is 0 Å². The predicted molar refractivity (Wildman–Crippen MR) is 101 cm³/mol. The third-order valence-corrected chi connectivity index (χ3v) is 4.44. The van der Waals surface area contributed by atoms with Crippen LogP contribution in [0, 0.1) is 0 Å². The maximum absolute atomic E-state index is 13.5. The summed E-state index contributed by atoms with van der Waals surface area (Å²) in [6, 6.07) is 6.90. The number of Topliss-reactive ketones (excluding diaryl/α,β-unsaturated/α-hetero) is 1. The summed E-state index contributed by atoms with van der Waals surface area (Å²) in [6.45, 7) is 5.37. The summed E-state index contributed by atoms with van der Waals surface area (Å²) in [6.07, 6.45) is 5.78. The molecule has 0 saturated heterocycles. The number of carbonyl (C=O) groups is 1. The van der Waals surface area contributed by atoms with Gasteiger partial charge >= 0.3 is 7.40 Å². The number of rotatable bonds is 8. The molecule has 3 nitrogen and oxygen atoms in total. The van der Waals surface area contributed by atoms with Gasteiger partial charge in [0.05, 0.1) is 5.69 Å². The van der Waals surface area contributed by atoms with Gasteiger partial charge in [-0.2, -0.15) is 0 Å². The van der Waals surface area contributed by atoms with Crippen molar-refractivity contribution in [2.24, 2.45) is 5.73 Å². The number of nitrogens with zero attached hydrogens (tertiary/aromatic N) is 1. The first-order chi connectivity index (χ1) is 11.9. The quantitative estimate of drug-likeness (QED) is 0.545. The molecule has 2 aromatic heterocycles. The normalized spacial score (nSPS) is 11.9. The Morgan fingerprint density at radius 3 is 2.68 bits per heavy atom. The highest BCUT2D eigenvalue weighted by Crippen LogP contribution is 2.28. The number of thiophene rings is 1. The summed E-state index contributed by atoms with van der Waals surface area (Å²) in [7, 11) is -2.67. The maximum atomic E-state index is 13.5. The van der Waals surface area contributed by atoms with Crippen LogP contribution in [0.2, 0.25) is 0 Å². The first-order valence-electron chi connectivity index (χ1n) is 7.74. The molecule has 0 saturated carbocycles. The lowest BCUT2D eigenvalue weighted by Crippen LogP contribution is -2.15. The van der Waals surface area contributed by atoms with Crippen LogP contribution < -0.4 is 5.73 Å². The number of carbonyl (C=O) groups excluding carboxylic acids is 1. The van der Waals surface area contributed by atoms with Gasteiger partial charge in [0.1, 0.15) is 5.78 Å². The zero-order valence-corrected chi connectivity index (χ0v) is 14.7. The zero-order valence-electron chi connectivity index (χ0n) is 13.9. The molecule has 0 spiro atoms. The molecule has 0 bridgehead atoms. The van der Waals surface area contributed by atoms with Crippen LogP contribution in [0.1, 0.15) is 25.5 Å². The molecule has 0 aliphatic carbocycles. The SMILES string of the molecule is C=C(/C=C\C(N)=C\c1ccc(-c2cccs2)n1B(F)F)CCC(C)=O. The molecule has 0 aliphatic heterocycles. The molecular formula is C18H19BF2N2OS. The Morgan fingerprint density at radius 2 is 2.08 bits per heavy atom. The highest BCUT2D eigenvalue weighted by molar-refractivity contribution is 7.13. The Hall–Kier alpha value is -2.41. The fourth-order valence-electron chi connectivity index (χ4n) is 2.28. The Balaban J connectivity index is 2.19. The van der Waals surface area contributed by atoms with Crippen molar-refractivity contribution in [3.05, 3.63) is 65.3 Å². The minimum absolute atomic E-state index is 0.0916. The third kappa shape index (κ3) is 5.29. The van der Waals surface area contributed by atoms with Crippen molar-refractivity contribution in [2.45, 2.75) is 19.8 Å². The number of ketones is 1. The molecule has 2 aromatic rings. The van der Waals surface area contributed by atoms with E-state index in [2.05, 4.69) is 6.58 Å². The lowest BCUT2D eigenvalue weighted by Gasteiger charge is -2.07. The average Bonchev–Trinajstić information content (AvgIpc) is 3.19. The van der Waals surface area contributed by atoms with Crippen LogP contribution in [-0.2, 0) is 4.79 Å². The Kier molecular flexibility index (Phi) is 6.53. The summed E-state index contributed by atoms with van der Waals surface area (Å²) >= 11 is 1.40. The summed E-state index contributed by atoms with van der Waals surface area (Å²) in [5.41, 5.74) is 7.80. The topological polar surface area (TPSA) is 48.0 Å². The molecule has 0 unspecified atom stereocenters. The van der Waals surface area contributed by atoms with Gasteiger partial charge in [0.25, 0.3) is 0 Å². The summed E-state index contributed by atoms with van der Waals surface area (Å²) in [5, 5.41) is 1.84. The van der Waals surface area contributed by atoms with Crippen LogP contribution in [0.4, 0.5) is 8.63 Å². The van der Waals surface area contributed by atoms with Gasteiger partial charge in [-0.1, -0.05) is 24.3 Å². The number of hydrogen-bond acceptors (Lipinski definition) is 3. The number of allylic oxidation sites excluding steroid dienone is 3. The lowest BCUT2D eigenvalue weighted by atomic mass is 10.1. The minimum atomic E-state index is -2.67. The van der Waals surface area contributed by atoms with E-state index >= 15 is 0 Å². The monoisotopic (exact) mass is 360 g/mol. The van der Waals surface area contributed by atoms with E-state index in [4.69, 9.17) is 5.73 Å². The highest BCUT2D eigenvalue weighted by Gasteiger charge is 2.23. The maximum Gasteiger partial charge on any atom is 0.678 e. The van der Waals surface area contributed by atoms with Crippen molar-refractivity contribution in [2.75, 3.05) is 0 Å². The molecule has 0 fully saturated rings. The summed E-state index contributed by atoms with van der Waals surface area (Å²) in [4.78, 5) is 11.7. The molecule has 0 radical (unpaired) electrons. The van der Waals surface area contributed by atoms with E-state index in [0.29, 0.717) is 29.9 Å². The summed E-state index contributed by atoms with van der Waals surface area (Å²) in [5.74, 6) is 0.0916. The standard InChI is InChI=1S/C18H19BF2N2OS/c1-13(5-7-14(2)24)6-8-15(22)12-16-9-10-17(23(16)19(20)21)18-4-3-11-25-18/h3-4,6,8-12H,1,5,7,22H2,2H3/b8-6-,15-12-. The molecule has 7 heteroatoms. The molecule has 0 amide bonds. The lowest BCUT2D eigenvalue weighted by molar-refractivity contribution is -0.116. The van der Waals surface area contributed by atoms with Gasteiger partial charge < -0.3 is 15.0 Å². The van der Waals surface area contributed by atoms with Crippen LogP contribution in [0.15, 0.2) is 59.6 Å². The largest absolute Gasteiger partial charge is 0.678 e. The van der Waals surface area contributed by atoms with Crippen molar-refractivity contribution in [1.82, 2.24) is 4.48 Å². The van der Waals surface area contributed by atoms with Crippen LogP contribution in [0.3, 0.4) is 0 Å². The Bertz CT molecular complexity index is 807. The number of nitrogens with two attached hydrogens (primary N) is 1. The van der Waals surface area contributed by atoms with Crippen LogP contribution in [0.25, 0.3) is 16.6 Å². The predicted octanol–water partition coefficient (Wildman–Crippen LogP) is 4.77. The fourth-order valence-corrected chi connectivity index (χ4v) is 3.03. The van der Waals surface area contributed by atoms with E-state index in [1.807, 2.05) is 11.4 Å². The van der Waals surface area contributed by atoms with Gasteiger partial charge in [0, 0.05) is 22.7 Å². The molecule has 0 aromatic carbocycles. The Labute approximate surface area is 150 Å². The minimum Gasteiger partial charge on any atom is -0.399 e. The van der Waals surface area contributed by atoms with Crippen molar-refractivity contribution >= 4 is 30.6 Å². The molecule has 2 heterocycles. The molecule has 25 heavy (non-hydrogen) atoms. The van der Waals surface area contributed by atoms with E-state index in [1.54, 1.807) is 30.4 Å². The van der Waals surface area contributed by atoms with Crippen molar-refractivity contribution < 1.29 is 13.4 Å². The van der Waals surface area contributed by atoms with Crippen LogP contribution >= 0.6 is 11.3 Å². The second-order valence-electron chi connectivity index (χ2n) is 5.61. The molecule has 0 aliphatic rings. The smallest absolute Gasteiger partial charge is 0.399 e. The first kappa shape index (κ1) is 18.9. The van der Waals surface area contributed by atoms with E-state index in [9.17, 15) is 13.4 Å². The number of halogens is 2. The van der Waals surface area contributed by atoms with E-state index in [1.165, 1.54) is 24.3 Å². The molecule has 0 atom stereocenters. The van der Waals surface area contributed by atoms with Crippen molar-refractivity contribution in [3.63, 3.8) is 0 Å². The molecule has 2 N–H and O–H groups in total. The van der Waals surface area contributed by atoms with E-state index < -0.39 is 7.40 Å². The van der Waals surface area contributed by atoms with Crippen LogP contribution in [0.5, 0.6) is 0 Å². The van der Waals surface area contributed by atoms with Gasteiger partial charge in [-0.25, -0.2) is 0 Å².